The van der Waals surface area contributed by atoms with Gasteiger partial charge in [-0.1, -0.05) is 5.16 Å². The molecule has 0 bridgehead atoms. The Bertz CT molecular complexity index is 400. The van der Waals surface area contributed by atoms with Gasteiger partial charge in [0.05, 0.1) is 0 Å². The van der Waals surface area contributed by atoms with Gasteiger partial charge < -0.3 is 4.52 Å². The first-order valence-electron chi connectivity index (χ1n) is 4.30. The lowest BCUT2D eigenvalue weighted by atomic mass is 10.4. The van der Waals surface area contributed by atoms with E-state index in [1.165, 1.54) is 0 Å². The van der Waals surface area contributed by atoms with Crippen LogP contribution in [0.25, 0.3) is 0 Å². The highest BCUT2D eigenvalue weighted by atomic mass is 32.2. The molecule has 1 aromatic rings. The third-order valence-electron chi connectivity index (χ3n) is 1.63. The van der Waals surface area contributed by atoms with Crippen molar-refractivity contribution in [2.24, 2.45) is 0 Å². The second kappa shape index (κ2) is 3.70. The Morgan fingerprint density at radius 3 is 2.29 bits per heavy atom. The summed E-state index contributed by atoms with van der Waals surface area (Å²) in [5.74, 6) is 0.315. The zero-order valence-electron chi connectivity index (χ0n) is 8.66. The molecule has 6 heteroatoms. The van der Waals surface area contributed by atoms with Crippen LogP contribution < -0.4 is 4.72 Å². The van der Waals surface area contributed by atoms with Crippen LogP contribution in [0.4, 0.5) is 0 Å². The van der Waals surface area contributed by atoms with Crippen molar-refractivity contribution in [3.05, 3.63) is 11.5 Å². The molecule has 0 radical (unpaired) electrons. The van der Waals surface area contributed by atoms with Crippen molar-refractivity contribution < 1.29 is 12.9 Å². The fourth-order valence-electron chi connectivity index (χ4n) is 1.23. The number of nitrogens with zero attached hydrogens (tertiary/aromatic N) is 1. The number of hydrogen-bond donors (Lipinski definition) is 1. The molecule has 1 heterocycles. The second-order valence-electron chi connectivity index (χ2n) is 3.43. The zero-order valence-corrected chi connectivity index (χ0v) is 9.47. The van der Waals surface area contributed by atoms with Crippen LogP contribution in [0.3, 0.4) is 0 Å². The van der Waals surface area contributed by atoms with Gasteiger partial charge in [-0.25, -0.2) is 13.1 Å². The van der Waals surface area contributed by atoms with Crippen LogP contribution in [-0.2, 0) is 10.0 Å². The van der Waals surface area contributed by atoms with E-state index in [1.807, 2.05) is 0 Å². The molecule has 14 heavy (non-hydrogen) atoms. The number of rotatable bonds is 3. The first kappa shape index (κ1) is 11.2. The summed E-state index contributed by atoms with van der Waals surface area (Å²) in [5, 5.41) is 3.60. The van der Waals surface area contributed by atoms with Crippen molar-refractivity contribution in [2.75, 3.05) is 0 Å². The summed E-state index contributed by atoms with van der Waals surface area (Å²) in [6, 6.07) is -0.145. The molecular weight excluding hydrogens is 204 g/mol. The molecule has 80 valence electrons. The van der Waals surface area contributed by atoms with E-state index in [2.05, 4.69) is 9.88 Å². The maximum absolute atomic E-state index is 11.7. The Labute approximate surface area is 83.5 Å². The van der Waals surface area contributed by atoms with Crippen LogP contribution in [0, 0.1) is 13.8 Å². The number of aromatic nitrogens is 1. The molecule has 0 amide bonds. The largest absolute Gasteiger partial charge is 0.360 e. The lowest BCUT2D eigenvalue weighted by Crippen LogP contribution is -2.30. The number of hydrogen-bond acceptors (Lipinski definition) is 4. The molecular formula is C8H14N2O3S. The smallest absolute Gasteiger partial charge is 0.246 e. The molecule has 0 aromatic carbocycles. The molecule has 0 fully saturated rings. The van der Waals surface area contributed by atoms with E-state index in [0.29, 0.717) is 11.5 Å². The van der Waals surface area contributed by atoms with Gasteiger partial charge in [0, 0.05) is 6.04 Å². The van der Waals surface area contributed by atoms with E-state index in [9.17, 15) is 8.42 Å². The molecule has 0 spiro atoms. The highest BCUT2D eigenvalue weighted by Crippen LogP contribution is 2.18. The average Bonchev–Trinajstić information content (AvgIpc) is 2.27. The van der Waals surface area contributed by atoms with E-state index in [0.717, 1.165) is 0 Å². The molecule has 0 aliphatic heterocycles. The Balaban J connectivity index is 3.17. The van der Waals surface area contributed by atoms with E-state index in [1.54, 1.807) is 27.7 Å². The summed E-state index contributed by atoms with van der Waals surface area (Å²) >= 11 is 0. The molecule has 1 N–H and O–H groups in total. The summed E-state index contributed by atoms with van der Waals surface area (Å²) in [6.45, 7) is 6.70. The van der Waals surface area contributed by atoms with Crippen LogP contribution in [-0.4, -0.2) is 19.6 Å². The standard InChI is InChI=1S/C8H14N2O3S/c1-5(2)10-14(11,12)8-6(3)9-13-7(8)4/h5,10H,1-4H3. The second-order valence-corrected chi connectivity index (χ2v) is 5.08. The molecule has 1 rings (SSSR count). The minimum atomic E-state index is -3.48. The van der Waals surface area contributed by atoms with Gasteiger partial charge in [-0.05, 0) is 27.7 Å². The molecule has 5 nitrogen and oxygen atoms in total. The molecule has 0 aliphatic rings. The number of nitrogens with one attached hydrogen (secondary N) is 1. The van der Waals surface area contributed by atoms with Crippen LogP contribution >= 0.6 is 0 Å². The Hall–Kier alpha value is -0.880. The minimum absolute atomic E-state index is 0.145. The molecule has 0 unspecified atom stereocenters. The zero-order chi connectivity index (χ0) is 10.9. The molecule has 1 aromatic heterocycles. The summed E-state index contributed by atoms with van der Waals surface area (Å²) < 4.78 is 30.7. The van der Waals surface area contributed by atoms with Gasteiger partial charge >= 0.3 is 0 Å². The first-order chi connectivity index (χ1) is 6.34. The first-order valence-corrected chi connectivity index (χ1v) is 5.78. The molecule has 0 aliphatic carbocycles. The minimum Gasteiger partial charge on any atom is -0.360 e. The van der Waals surface area contributed by atoms with Gasteiger partial charge in [-0.15, -0.1) is 0 Å². The molecule has 0 atom stereocenters. The number of aryl methyl sites for hydroxylation is 2. The van der Waals surface area contributed by atoms with Crippen LogP contribution in [0.5, 0.6) is 0 Å². The Morgan fingerprint density at radius 2 is 1.93 bits per heavy atom. The monoisotopic (exact) mass is 218 g/mol. The predicted molar refractivity (Wildman–Crippen MR) is 51.4 cm³/mol. The van der Waals surface area contributed by atoms with E-state index < -0.39 is 10.0 Å². The summed E-state index contributed by atoms with van der Waals surface area (Å²) in [5.41, 5.74) is 0.385. The van der Waals surface area contributed by atoms with Crippen molar-refractivity contribution in [3.63, 3.8) is 0 Å². The van der Waals surface area contributed by atoms with Crippen LogP contribution in [0.1, 0.15) is 25.3 Å². The van der Waals surface area contributed by atoms with E-state index >= 15 is 0 Å². The Morgan fingerprint density at radius 1 is 1.36 bits per heavy atom. The van der Waals surface area contributed by atoms with Crippen LogP contribution in [0.2, 0.25) is 0 Å². The highest BCUT2D eigenvalue weighted by molar-refractivity contribution is 7.89. The van der Waals surface area contributed by atoms with Crippen molar-refractivity contribution in [3.8, 4) is 0 Å². The quantitative estimate of drug-likeness (QED) is 0.820. The van der Waals surface area contributed by atoms with E-state index in [4.69, 9.17) is 4.52 Å². The fraction of sp³-hybridized carbons (Fsp3) is 0.625. The predicted octanol–water partition coefficient (Wildman–Crippen LogP) is 0.978. The maximum Gasteiger partial charge on any atom is 0.246 e. The summed E-state index contributed by atoms with van der Waals surface area (Å²) in [6.07, 6.45) is 0. The van der Waals surface area contributed by atoms with Gasteiger partial charge in [0.25, 0.3) is 0 Å². The fourth-order valence-corrected chi connectivity index (χ4v) is 2.81. The van der Waals surface area contributed by atoms with Crippen LogP contribution in [0.15, 0.2) is 9.42 Å². The van der Waals surface area contributed by atoms with Crippen molar-refractivity contribution in [1.29, 1.82) is 0 Å². The van der Waals surface area contributed by atoms with Gasteiger partial charge in [-0.3, -0.25) is 0 Å². The topological polar surface area (TPSA) is 72.2 Å². The van der Waals surface area contributed by atoms with Gasteiger partial charge in [0.2, 0.25) is 10.0 Å². The molecule has 0 saturated heterocycles. The normalized spacial score (nSPS) is 12.4. The number of sulfonamides is 1. The van der Waals surface area contributed by atoms with Gasteiger partial charge in [-0.2, -0.15) is 0 Å². The lowest BCUT2D eigenvalue weighted by molar-refractivity contribution is 0.390. The maximum atomic E-state index is 11.7. The molecule has 0 saturated carbocycles. The van der Waals surface area contributed by atoms with E-state index in [-0.39, 0.29) is 10.9 Å². The van der Waals surface area contributed by atoms with Gasteiger partial charge in [0.15, 0.2) is 5.76 Å². The Kier molecular flexibility index (Phi) is 2.96. The van der Waals surface area contributed by atoms with Crippen molar-refractivity contribution in [2.45, 2.75) is 38.6 Å². The third-order valence-corrected chi connectivity index (χ3v) is 3.53. The van der Waals surface area contributed by atoms with Crippen molar-refractivity contribution in [1.82, 2.24) is 9.88 Å². The third kappa shape index (κ3) is 2.13. The van der Waals surface area contributed by atoms with Crippen molar-refractivity contribution >= 4 is 10.0 Å². The summed E-state index contributed by atoms with van der Waals surface area (Å²) in [4.78, 5) is 0.145. The SMILES string of the molecule is Cc1noc(C)c1S(=O)(=O)NC(C)C. The average molecular weight is 218 g/mol. The van der Waals surface area contributed by atoms with Gasteiger partial charge in [0.1, 0.15) is 10.6 Å². The lowest BCUT2D eigenvalue weighted by Gasteiger charge is -2.08. The highest BCUT2D eigenvalue weighted by Gasteiger charge is 2.24. The summed E-state index contributed by atoms with van der Waals surface area (Å²) in [7, 11) is -3.48.